The molecule has 10 heteroatoms. The zero-order valence-corrected chi connectivity index (χ0v) is 21.6. The molecule has 0 atom stereocenters. The molecule has 2 aromatic carbocycles. The molecule has 0 aliphatic carbocycles. The summed E-state index contributed by atoms with van der Waals surface area (Å²) in [4.78, 5) is 18.7. The lowest BCUT2D eigenvalue weighted by molar-refractivity contribution is 0.0240. The average Bonchev–Trinajstić information content (AvgIpc) is 2.73. The lowest BCUT2D eigenvalue weighted by Crippen LogP contribution is -2.50. The third-order valence-electron chi connectivity index (χ3n) is 5.02. The number of nitrogens with zero attached hydrogens (tertiary/aromatic N) is 2. The molecule has 3 rings (SSSR count). The van der Waals surface area contributed by atoms with E-state index in [2.05, 4.69) is 31.1 Å². The molecule has 8 nitrogen and oxygen atoms in total. The van der Waals surface area contributed by atoms with Gasteiger partial charge in [0.1, 0.15) is 5.60 Å². The molecule has 0 bridgehead atoms. The number of carbonyl (C=O) groups is 1. The lowest BCUT2D eigenvalue weighted by atomic mass is 10.1. The minimum absolute atomic E-state index is 0.0984. The molecular weight excluding hydrogens is 508 g/mol. The van der Waals surface area contributed by atoms with Gasteiger partial charge in [0.05, 0.1) is 5.75 Å². The van der Waals surface area contributed by atoms with Crippen LogP contribution in [0.2, 0.25) is 0 Å². The van der Waals surface area contributed by atoms with Crippen LogP contribution < -0.4 is 15.2 Å². The quantitative estimate of drug-likeness (QED) is 0.523. The molecule has 1 saturated heterocycles. The Kier molecular flexibility index (Phi) is 8.38. The maximum absolute atomic E-state index is 12.4. The van der Waals surface area contributed by atoms with Crippen LogP contribution >= 0.6 is 15.9 Å². The van der Waals surface area contributed by atoms with Gasteiger partial charge in [-0.05, 0) is 50.1 Å². The van der Waals surface area contributed by atoms with Crippen molar-refractivity contribution in [1.82, 2.24) is 15.2 Å². The molecule has 180 valence electrons. The highest BCUT2D eigenvalue weighted by Gasteiger charge is 2.26. The van der Waals surface area contributed by atoms with Gasteiger partial charge in [0, 0.05) is 42.9 Å². The highest BCUT2D eigenvalue weighted by Crippen LogP contribution is 2.26. The molecule has 0 unspecified atom stereocenters. The predicted octanol–water partition coefficient (Wildman–Crippen LogP) is 3.63. The van der Waals surface area contributed by atoms with E-state index < -0.39 is 15.6 Å². The number of nitrogens with one attached hydrogen (secondary N) is 2. The van der Waals surface area contributed by atoms with Crippen LogP contribution in [0, 0.1) is 0 Å². The van der Waals surface area contributed by atoms with Gasteiger partial charge >= 0.3 is 6.09 Å². The molecule has 0 spiro atoms. The van der Waals surface area contributed by atoms with Crippen molar-refractivity contribution in [3.05, 3.63) is 64.1 Å². The number of benzene rings is 2. The minimum Gasteiger partial charge on any atom is -0.444 e. The van der Waals surface area contributed by atoms with Gasteiger partial charge in [-0.25, -0.2) is 18.6 Å². The molecule has 2 aromatic rings. The number of piperazine rings is 1. The molecule has 1 heterocycles. The van der Waals surface area contributed by atoms with Crippen molar-refractivity contribution in [3.63, 3.8) is 0 Å². The summed E-state index contributed by atoms with van der Waals surface area (Å²) < 4.78 is 31.2. The van der Waals surface area contributed by atoms with Gasteiger partial charge in [-0.15, -0.1) is 0 Å². The van der Waals surface area contributed by atoms with Crippen LogP contribution in [0.15, 0.2) is 53.0 Å². The fourth-order valence-electron chi connectivity index (χ4n) is 3.53. The van der Waals surface area contributed by atoms with E-state index in [0.29, 0.717) is 32.7 Å². The van der Waals surface area contributed by atoms with Crippen LogP contribution in [0.3, 0.4) is 0 Å². The van der Waals surface area contributed by atoms with Crippen molar-refractivity contribution in [1.29, 1.82) is 0 Å². The first-order valence-corrected chi connectivity index (χ1v) is 13.2. The molecule has 1 aliphatic rings. The second kappa shape index (κ2) is 10.9. The largest absolute Gasteiger partial charge is 0.444 e. The Hall–Kier alpha value is -2.14. The van der Waals surface area contributed by atoms with Crippen LogP contribution in [0.5, 0.6) is 0 Å². The van der Waals surface area contributed by atoms with Gasteiger partial charge in [-0.1, -0.05) is 46.3 Å². The molecule has 2 N–H and O–H groups in total. The molecule has 1 aliphatic heterocycles. The maximum atomic E-state index is 12.4. The maximum Gasteiger partial charge on any atom is 0.410 e. The highest BCUT2D eigenvalue weighted by atomic mass is 79.9. The van der Waals surface area contributed by atoms with Crippen molar-refractivity contribution in [2.45, 2.75) is 38.7 Å². The number of carbonyl (C=O) groups excluding carboxylic acids is 1. The number of ether oxygens (including phenoxy) is 1. The summed E-state index contributed by atoms with van der Waals surface area (Å²) >= 11 is 3.50. The molecule has 33 heavy (non-hydrogen) atoms. The fourth-order valence-corrected chi connectivity index (χ4v) is 4.94. The first-order chi connectivity index (χ1) is 15.5. The van der Waals surface area contributed by atoms with Crippen molar-refractivity contribution in [2.75, 3.05) is 31.1 Å². The van der Waals surface area contributed by atoms with Crippen molar-refractivity contribution >= 4 is 37.7 Å². The van der Waals surface area contributed by atoms with Gasteiger partial charge < -0.3 is 14.5 Å². The first kappa shape index (κ1) is 25.5. The highest BCUT2D eigenvalue weighted by molar-refractivity contribution is 9.10. The van der Waals surface area contributed by atoms with E-state index >= 15 is 0 Å². The number of anilines is 1. The number of amides is 1. The number of halogens is 1. The van der Waals surface area contributed by atoms with Gasteiger partial charge in [-0.2, -0.15) is 4.83 Å². The van der Waals surface area contributed by atoms with Crippen molar-refractivity contribution in [2.24, 2.45) is 0 Å². The Labute approximate surface area is 204 Å². The second-order valence-electron chi connectivity index (χ2n) is 8.93. The number of hydrogen-bond acceptors (Lipinski definition) is 6. The molecule has 1 fully saturated rings. The normalized spacial score (nSPS) is 14.9. The van der Waals surface area contributed by atoms with Crippen LogP contribution in [-0.2, 0) is 27.1 Å². The summed E-state index contributed by atoms with van der Waals surface area (Å²) in [6.07, 6.45) is -0.298. The summed E-state index contributed by atoms with van der Waals surface area (Å²) in [5.41, 5.74) is 4.99. The Balaban J connectivity index is 1.59. The van der Waals surface area contributed by atoms with Gasteiger partial charge in [0.25, 0.3) is 0 Å². The molecule has 0 aromatic heterocycles. The van der Waals surface area contributed by atoms with E-state index in [1.807, 2.05) is 57.2 Å². The SMILES string of the molecule is CC(C)(C)OC(=O)N1CCN(c2ccc(Br)cc2CNNS(=O)(=O)Cc2ccccc2)CC1. The molecule has 0 saturated carbocycles. The average molecular weight is 539 g/mol. The summed E-state index contributed by atoms with van der Waals surface area (Å²) in [7, 11) is -3.53. The zero-order valence-electron chi connectivity index (χ0n) is 19.2. The summed E-state index contributed by atoms with van der Waals surface area (Å²) in [6.45, 7) is 8.32. The summed E-state index contributed by atoms with van der Waals surface area (Å²) in [5, 5.41) is 0. The fraction of sp³-hybridized carbons (Fsp3) is 0.435. The summed E-state index contributed by atoms with van der Waals surface area (Å²) in [5.74, 6) is -0.0984. The zero-order chi connectivity index (χ0) is 24.1. The number of hydrazine groups is 1. The first-order valence-electron chi connectivity index (χ1n) is 10.8. The molecule has 1 amide bonds. The lowest BCUT2D eigenvalue weighted by Gasteiger charge is -2.37. The smallest absolute Gasteiger partial charge is 0.410 e. The minimum atomic E-state index is -3.53. The number of rotatable bonds is 7. The van der Waals surface area contributed by atoms with E-state index in [1.165, 1.54) is 0 Å². The second-order valence-corrected chi connectivity index (χ2v) is 11.6. The van der Waals surface area contributed by atoms with E-state index in [4.69, 9.17) is 4.74 Å². The topological polar surface area (TPSA) is 91.0 Å². The molecule has 0 radical (unpaired) electrons. The van der Waals surface area contributed by atoms with Crippen LogP contribution in [0.25, 0.3) is 0 Å². The third kappa shape index (κ3) is 7.99. The monoisotopic (exact) mass is 538 g/mol. The van der Waals surface area contributed by atoms with Crippen LogP contribution in [-0.4, -0.2) is 51.2 Å². The Morgan fingerprint density at radius 3 is 2.36 bits per heavy atom. The Morgan fingerprint density at radius 2 is 1.73 bits per heavy atom. The van der Waals surface area contributed by atoms with Gasteiger partial charge in [-0.3, -0.25) is 0 Å². The summed E-state index contributed by atoms with van der Waals surface area (Å²) in [6, 6.07) is 15.0. The Morgan fingerprint density at radius 1 is 1.06 bits per heavy atom. The number of hydrogen-bond donors (Lipinski definition) is 2. The van der Waals surface area contributed by atoms with E-state index in [9.17, 15) is 13.2 Å². The van der Waals surface area contributed by atoms with Crippen molar-refractivity contribution in [3.8, 4) is 0 Å². The van der Waals surface area contributed by atoms with Crippen LogP contribution in [0.4, 0.5) is 10.5 Å². The van der Waals surface area contributed by atoms with E-state index in [0.717, 1.165) is 21.3 Å². The van der Waals surface area contributed by atoms with Gasteiger partial charge in [0.2, 0.25) is 10.0 Å². The van der Waals surface area contributed by atoms with Gasteiger partial charge in [0.15, 0.2) is 0 Å². The third-order valence-corrected chi connectivity index (χ3v) is 6.68. The Bertz CT molecular complexity index is 1050. The standard InChI is InChI=1S/C23H31BrN4O4S/c1-23(2,3)32-22(29)28-13-11-27(12-14-28)21-10-9-20(24)15-19(21)16-25-26-33(30,31)17-18-7-5-4-6-8-18/h4-10,15,25-26H,11-14,16-17H2,1-3H3. The van der Waals surface area contributed by atoms with Crippen molar-refractivity contribution < 1.29 is 17.9 Å². The number of sulfonamides is 1. The van der Waals surface area contributed by atoms with Crippen LogP contribution in [0.1, 0.15) is 31.9 Å². The molecular formula is C23H31BrN4O4S. The predicted molar refractivity (Wildman–Crippen MR) is 133 cm³/mol. The van der Waals surface area contributed by atoms with E-state index in [1.54, 1.807) is 17.0 Å². The van der Waals surface area contributed by atoms with E-state index in [-0.39, 0.29) is 11.8 Å².